The average molecular weight is 342 g/mol. The minimum Gasteiger partial charge on any atom is -0.316 e. The molecule has 2 aromatic carbocycles. The van der Waals surface area contributed by atoms with Gasteiger partial charge >= 0.3 is 0 Å². The van der Waals surface area contributed by atoms with Gasteiger partial charge in [0.2, 0.25) is 0 Å². The summed E-state index contributed by atoms with van der Waals surface area (Å²) in [6.45, 7) is 1.71. The van der Waals surface area contributed by atoms with Crippen LogP contribution in [0, 0.1) is 28.4 Å². The first-order valence-corrected chi connectivity index (χ1v) is 7.22. The Morgan fingerprint density at radius 3 is 2.71 bits per heavy atom. The quantitative estimate of drug-likeness (QED) is 0.392. The third kappa shape index (κ3) is 4.18. The SMILES string of the molecule is Cc1ccc(NC(=O)/C(C#N)=C/c2cccc(Cl)c2)c([N+](=O)[O-])c1. The van der Waals surface area contributed by atoms with Crippen LogP contribution in [0.15, 0.2) is 48.0 Å². The van der Waals surface area contributed by atoms with Crippen LogP contribution in [-0.4, -0.2) is 10.8 Å². The topological polar surface area (TPSA) is 96.0 Å². The van der Waals surface area contributed by atoms with Gasteiger partial charge in [0.25, 0.3) is 11.6 Å². The molecule has 1 amide bonds. The molecular weight excluding hydrogens is 330 g/mol. The standard InChI is InChI=1S/C17H12ClN3O3/c1-11-5-6-15(16(7-11)21(23)24)20-17(22)13(10-19)8-12-3-2-4-14(18)9-12/h2-9H,1H3,(H,20,22)/b13-8+. The Balaban J connectivity index is 2.31. The fourth-order valence-electron chi connectivity index (χ4n) is 2.00. The van der Waals surface area contributed by atoms with Crippen LogP contribution < -0.4 is 5.32 Å². The van der Waals surface area contributed by atoms with Crippen molar-refractivity contribution >= 4 is 35.0 Å². The fraction of sp³-hybridized carbons (Fsp3) is 0.0588. The summed E-state index contributed by atoms with van der Waals surface area (Å²) in [6, 6.07) is 12.8. The lowest BCUT2D eigenvalue weighted by Gasteiger charge is -2.06. The molecule has 2 aromatic rings. The van der Waals surface area contributed by atoms with Crippen LogP contribution in [0.4, 0.5) is 11.4 Å². The molecule has 7 heteroatoms. The van der Waals surface area contributed by atoms with Gasteiger partial charge in [-0.25, -0.2) is 0 Å². The summed E-state index contributed by atoms with van der Waals surface area (Å²) in [5, 5.41) is 23.1. The zero-order valence-corrected chi connectivity index (χ0v) is 13.4. The Morgan fingerprint density at radius 1 is 1.33 bits per heavy atom. The first-order valence-electron chi connectivity index (χ1n) is 6.84. The monoisotopic (exact) mass is 341 g/mol. The molecule has 0 atom stereocenters. The van der Waals surface area contributed by atoms with Crippen molar-refractivity contribution in [2.75, 3.05) is 5.32 Å². The van der Waals surface area contributed by atoms with Gasteiger partial charge in [-0.15, -0.1) is 0 Å². The van der Waals surface area contributed by atoms with Crippen molar-refractivity contribution < 1.29 is 9.72 Å². The van der Waals surface area contributed by atoms with Gasteiger partial charge in [-0.2, -0.15) is 5.26 Å². The van der Waals surface area contributed by atoms with Crippen LogP contribution >= 0.6 is 11.6 Å². The van der Waals surface area contributed by atoms with E-state index in [0.717, 1.165) is 0 Å². The zero-order valence-electron chi connectivity index (χ0n) is 12.6. The van der Waals surface area contributed by atoms with E-state index in [9.17, 15) is 20.2 Å². The second kappa shape index (κ2) is 7.40. The number of nitro groups is 1. The minimum absolute atomic E-state index is 0.0304. The van der Waals surface area contributed by atoms with E-state index in [2.05, 4.69) is 5.32 Å². The predicted molar refractivity (Wildman–Crippen MR) is 91.5 cm³/mol. The van der Waals surface area contributed by atoms with E-state index in [0.29, 0.717) is 16.1 Å². The van der Waals surface area contributed by atoms with Crippen molar-refractivity contribution in [3.63, 3.8) is 0 Å². The number of anilines is 1. The maximum Gasteiger partial charge on any atom is 0.293 e. The highest BCUT2D eigenvalue weighted by atomic mass is 35.5. The Morgan fingerprint density at radius 2 is 2.08 bits per heavy atom. The molecule has 0 aromatic heterocycles. The van der Waals surface area contributed by atoms with Gasteiger partial charge in [0.1, 0.15) is 17.3 Å². The van der Waals surface area contributed by atoms with E-state index in [1.807, 2.05) is 0 Å². The number of benzene rings is 2. The van der Waals surface area contributed by atoms with Crippen LogP contribution in [0.5, 0.6) is 0 Å². The number of rotatable bonds is 4. The van der Waals surface area contributed by atoms with Crippen molar-refractivity contribution in [3.05, 3.63) is 74.3 Å². The third-order valence-electron chi connectivity index (χ3n) is 3.12. The third-order valence-corrected chi connectivity index (χ3v) is 3.36. The summed E-state index contributed by atoms with van der Waals surface area (Å²) in [5.74, 6) is -0.732. The van der Waals surface area contributed by atoms with Gasteiger partial charge < -0.3 is 5.32 Å². The van der Waals surface area contributed by atoms with Crippen LogP contribution in [0.3, 0.4) is 0 Å². The highest BCUT2D eigenvalue weighted by molar-refractivity contribution is 6.30. The Hall–Kier alpha value is -3.17. The lowest BCUT2D eigenvalue weighted by atomic mass is 10.1. The lowest BCUT2D eigenvalue weighted by molar-refractivity contribution is -0.384. The molecule has 0 spiro atoms. The van der Waals surface area contributed by atoms with E-state index in [1.165, 1.54) is 18.2 Å². The summed E-state index contributed by atoms with van der Waals surface area (Å²) < 4.78 is 0. The number of nitro benzene ring substituents is 1. The highest BCUT2D eigenvalue weighted by Crippen LogP contribution is 2.26. The zero-order chi connectivity index (χ0) is 17.7. The van der Waals surface area contributed by atoms with Crippen molar-refractivity contribution in [1.29, 1.82) is 5.26 Å². The van der Waals surface area contributed by atoms with E-state index in [-0.39, 0.29) is 16.9 Å². The van der Waals surface area contributed by atoms with Crippen molar-refractivity contribution in [3.8, 4) is 6.07 Å². The number of carbonyl (C=O) groups is 1. The van der Waals surface area contributed by atoms with Gasteiger partial charge in [0.15, 0.2) is 0 Å². The predicted octanol–water partition coefficient (Wildman–Crippen LogP) is 4.10. The molecule has 2 rings (SSSR count). The molecule has 120 valence electrons. The summed E-state index contributed by atoms with van der Waals surface area (Å²) in [4.78, 5) is 22.7. The van der Waals surface area contributed by atoms with Gasteiger partial charge in [-0.3, -0.25) is 14.9 Å². The first kappa shape index (κ1) is 17.2. The second-order valence-corrected chi connectivity index (χ2v) is 5.39. The van der Waals surface area contributed by atoms with Crippen LogP contribution in [-0.2, 0) is 4.79 Å². The van der Waals surface area contributed by atoms with Crippen LogP contribution in [0.2, 0.25) is 5.02 Å². The van der Waals surface area contributed by atoms with Crippen LogP contribution in [0.1, 0.15) is 11.1 Å². The molecule has 0 saturated heterocycles. The van der Waals surface area contributed by atoms with Crippen LogP contribution in [0.25, 0.3) is 6.08 Å². The number of carbonyl (C=O) groups excluding carboxylic acids is 1. The molecule has 0 fully saturated rings. The molecule has 24 heavy (non-hydrogen) atoms. The van der Waals surface area contributed by atoms with Gasteiger partial charge in [0.05, 0.1) is 4.92 Å². The van der Waals surface area contributed by atoms with Crippen molar-refractivity contribution in [2.45, 2.75) is 6.92 Å². The molecule has 1 N–H and O–H groups in total. The van der Waals surface area contributed by atoms with E-state index in [4.69, 9.17) is 11.6 Å². The Kier molecular flexibility index (Phi) is 5.30. The molecule has 0 radical (unpaired) electrons. The molecular formula is C17H12ClN3O3. The average Bonchev–Trinajstić information content (AvgIpc) is 2.54. The Bertz CT molecular complexity index is 885. The van der Waals surface area contributed by atoms with Gasteiger partial charge in [-0.1, -0.05) is 29.8 Å². The number of nitriles is 1. The molecule has 0 heterocycles. The molecule has 0 aliphatic carbocycles. The Labute approximate surface area is 143 Å². The lowest BCUT2D eigenvalue weighted by Crippen LogP contribution is -2.14. The number of nitrogens with one attached hydrogen (secondary N) is 1. The molecule has 0 aliphatic heterocycles. The smallest absolute Gasteiger partial charge is 0.293 e. The molecule has 0 unspecified atom stereocenters. The minimum atomic E-state index is -0.732. The maximum atomic E-state index is 12.2. The largest absolute Gasteiger partial charge is 0.316 e. The van der Waals surface area contributed by atoms with Crippen molar-refractivity contribution in [1.82, 2.24) is 0 Å². The van der Waals surface area contributed by atoms with E-state index in [1.54, 1.807) is 43.3 Å². The summed E-state index contributed by atoms with van der Waals surface area (Å²) in [7, 11) is 0. The second-order valence-electron chi connectivity index (χ2n) is 4.96. The normalized spacial score (nSPS) is 10.8. The van der Waals surface area contributed by atoms with Crippen molar-refractivity contribution in [2.24, 2.45) is 0 Å². The number of halogens is 1. The number of aryl methyl sites for hydroxylation is 1. The molecule has 0 aliphatic rings. The first-order chi connectivity index (χ1) is 11.4. The fourth-order valence-corrected chi connectivity index (χ4v) is 2.20. The maximum absolute atomic E-state index is 12.2. The molecule has 0 bridgehead atoms. The number of amides is 1. The number of hydrogen-bond donors (Lipinski definition) is 1. The summed E-state index contributed by atoms with van der Waals surface area (Å²) in [6.07, 6.45) is 1.36. The summed E-state index contributed by atoms with van der Waals surface area (Å²) >= 11 is 5.86. The van der Waals surface area contributed by atoms with Gasteiger partial charge in [0, 0.05) is 11.1 Å². The number of nitrogens with zero attached hydrogens (tertiary/aromatic N) is 2. The van der Waals surface area contributed by atoms with E-state index < -0.39 is 10.8 Å². The number of hydrogen-bond acceptors (Lipinski definition) is 4. The van der Waals surface area contributed by atoms with E-state index >= 15 is 0 Å². The van der Waals surface area contributed by atoms with Gasteiger partial charge in [-0.05, 0) is 42.3 Å². The molecule has 6 nitrogen and oxygen atoms in total. The summed E-state index contributed by atoms with van der Waals surface area (Å²) in [5.41, 5.74) is 0.876. The molecule has 0 saturated carbocycles. The highest BCUT2D eigenvalue weighted by Gasteiger charge is 2.18.